The molecule has 3 heterocycles. The molecule has 0 aliphatic rings. The Kier molecular flexibility index (Phi) is 19.7. The summed E-state index contributed by atoms with van der Waals surface area (Å²) in [6, 6.07) is 21.2. The van der Waals surface area contributed by atoms with Crippen molar-refractivity contribution in [3.63, 3.8) is 0 Å². The molecule has 0 saturated heterocycles. The lowest BCUT2D eigenvalue weighted by Crippen LogP contribution is -2.33. The summed E-state index contributed by atoms with van der Waals surface area (Å²) in [7, 11) is 0. The number of nitrogens with zero attached hydrogens (tertiary/aromatic N) is 3. The molecular formula is C48H72N3+3. The van der Waals surface area contributed by atoms with E-state index in [1.54, 1.807) is 16.7 Å². The number of rotatable bonds is 27. The Bertz CT molecular complexity index is 1320. The lowest BCUT2D eigenvalue weighted by molar-refractivity contribution is -0.697. The number of benzene rings is 1. The molecule has 4 rings (SSSR count). The summed E-state index contributed by atoms with van der Waals surface area (Å²) < 4.78 is 7.23. The van der Waals surface area contributed by atoms with Crippen molar-refractivity contribution in [3.8, 4) is 0 Å². The van der Waals surface area contributed by atoms with Crippen molar-refractivity contribution in [1.29, 1.82) is 0 Å². The van der Waals surface area contributed by atoms with Crippen LogP contribution in [0.1, 0.15) is 150 Å². The van der Waals surface area contributed by atoms with Gasteiger partial charge in [-0.2, -0.15) is 0 Å². The normalized spacial score (nSPS) is 11.4. The van der Waals surface area contributed by atoms with Gasteiger partial charge in [0.15, 0.2) is 37.2 Å². The quantitative estimate of drug-likeness (QED) is 0.0436. The molecule has 0 atom stereocenters. The van der Waals surface area contributed by atoms with E-state index in [1.165, 1.54) is 152 Å². The van der Waals surface area contributed by atoms with Gasteiger partial charge in [-0.15, -0.1) is 0 Å². The standard InChI is InChI=1S/C48H72N3/c1-4-7-22-43-28-19-34-49(40-43)31-16-10-13-25-46-37-47(26-14-11-17-32-50-35-20-29-44(41-50)23-8-5-2)39-48(38-46)27-15-12-18-33-51-36-21-30-45(42-51)24-9-6-3/h19-21,28-30,34-42H,4-18,22-27,31-33H2,1-3H3/q+3. The summed E-state index contributed by atoms with van der Waals surface area (Å²) >= 11 is 0. The van der Waals surface area contributed by atoms with Crippen molar-refractivity contribution in [2.24, 2.45) is 0 Å². The highest BCUT2D eigenvalue weighted by atomic mass is 14.9. The van der Waals surface area contributed by atoms with Gasteiger partial charge >= 0.3 is 0 Å². The zero-order chi connectivity index (χ0) is 35.8. The third kappa shape index (κ3) is 16.7. The monoisotopic (exact) mass is 691 g/mol. The molecule has 0 bridgehead atoms. The minimum absolute atomic E-state index is 1.13. The summed E-state index contributed by atoms with van der Waals surface area (Å²) in [4.78, 5) is 0. The fourth-order valence-corrected chi connectivity index (χ4v) is 7.41. The summed E-state index contributed by atoms with van der Waals surface area (Å²) in [5.74, 6) is 0. The SMILES string of the molecule is CCCCc1ccc[n+](CCCCCc2cc(CCCCC[n+]3cccc(CCCC)c3)cc(CCCCC[n+]3cccc(CCCC)c3)c2)c1. The molecule has 3 aromatic heterocycles. The summed E-state index contributed by atoms with van der Waals surface area (Å²) in [6.07, 6.45) is 40.2. The van der Waals surface area contributed by atoms with Gasteiger partial charge < -0.3 is 0 Å². The molecule has 0 radical (unpaired) electrons. The molecule has 0 aliphatic carbocycles. The highest BCUT2D eigenvalue weighted by Crippen LogP contribution is 2.18. The van der Waals surface area contributed by atoms with E-state index in [0.29, 0.717) is 0 Å². The maximum absolute atomic E-state index is 2.55. The van der Waals surface area contributed by atoms with Crippen LogP contribution >= 0.6 is 0 Å². The van der Waals surface area contributed by atoms with Gasteiger partial charge in [-0.3, -0.25) is 0 Å². The molecule has 51 heavy (non-hydrogen) atoms. The largest absolute Gasteiger partial charge is 0.205 e. The smallest absolute Gasteiger partial charge is 0.171 e. The van der Waals surface area contributed by atoms with E-state index >= 15 is 0 Å². The summed E-state index contributed by atoms with van der Waals surface area (Å²) in [5.41, 5.74) is 9.14. The van der Waals surface area contributed by atoms with Crippen LogP contribution in [-0.4, -0.2) is 0 Å². The lowest BCUT2D eigenvalue weighted by atomic mass is 9.95. The van der Waals surface area contributed by atoms with Crippen LogP contribution in [0.2, 0.25) is 0 Å². The van der Waals surface area contributed by atoms with Gasteiger partial charge in [-0.05, 0) is 131 Å². The van der Waals surface area contributed by atoms with Gasteiger partial charge in [0.2, 0.25) is 0 Å². The molecule has 276 valence electrons. The molecular weight excluding hydrogens is 619 g/mol. The lowest BCUT2D eigenvalue weighted by Gasteiger charge is -2.11. The Morgan fingerprint density at radius 3 is 0.922 bits per heavy atom. The van der Waals surface area contributed by atoms with Crippen molar-refractivity contribution in [2.75, 3.05) is 0 Å². The van der Waals surface area contributed by atoms with Crippen molar-refractivity contribution < 1.29 is 13.7 Å². The Labute approximate surface area is 313 Å². The van der Waals surface area contributed by atoms with Gasteiger partial charge in [0, 0.05) is 54.2 Å². The number of aryl methyl sites for hydroxylation is 9. The molecule has 4 aromatic rings. The number of hydrogen-bond donors (Lipinski definition) is 0. The summed E-state index contributed by atoms with van der Waals surface area (Å²) in [5, 5.41) is 0. The van der Waals surface area contributed by atoms with Crippen molar-refractivity contribution in [2.45, 2.75) is 175 Å². The molecule has 0 N–H and O–H groups in total. The van der Waals surface area contributed by atoms with E-state index < -0.39 is 0 Å². The minimum atomic E-state index is 1.13. The average Bonchev–Trinajstić information content (AvgIpc) is 3.15. The van der Waals surface area contributed by atoms with E-state index in [4.69, 9.17) is 0 Å². The molecule has 1 aromatic carbocycles. The number of hydrogen-bond acceptors (Lipinski definition) is 0. The van der Waals surface area contributed by atoms with E-state index in [0.717, 1.165) is 19.6 Å². The first-order valence-corrected chi connectivity index (χ1v) is 21.2. The Balaban J connectivity index is 1.25. The average molecular weight is 691 g/mol. The second-order valence-corrected chi connectivity index (χ2v) is 15.3. The molecule has 0 saturated carbocycles. The minimum Gasteiger partial charge on any atom is -0.205 e. The van der Waals surface area contributed by atoms with E-state index in [1.807, 2.05) is 0 Å². The van der Waals surface area contributed by atoms with E-state index in [9.17, 15) is 0 Å². The van der Waals surface area contributed by atoms with Crippen LogP contribution in [-0.2, 0) is 58.2 Å². The van der Waals surface area contributed by atoms with Crippen LogP contribution in [0.4, 0.5) is 0 Å². The maximum Gasteiger partial charge on any atom is 0.171 e. The van der Waals surface area contributed by atoms with E-state index in [2.05, 4.69) is 126 Å². The Hall–Kier alpha value is -3.33. The predicted molar refractivity (Wildman–Crippen MR) is 215 cm³/mol. The predicted octanol–water partition coefficient (Wildman–Crippen LogP) is 10.8. The number of unbranched alkanes of at least 4 members (excludes halogenated alkanes) is 9. The molecule has 0 fully saturated rings. The first-order chi connectivity index (χ1) is 25.1. The first kappa shape index (κ1) is 40.4. The molecule has 0 aliphatic heterocycles. The third-order valence-corrected chi connectivity index (χ3v) is 10.5. The van der Waals surface area contributed by atoms with Crippen molar-refractivity contribution in [1.82, 2.24) is 0 Å². The fraction of sp³-hybridized carbons (Fsp3) is 0.562. The molecule has 0 amide bonds. The highest BCUT2D eigenvalue weighted by molar-refractivity contribution is 5.31. The number of pyridine rings is 3. The van der Waals surface area contributed by atoms with Crippen LogP contribution < -0.4 is 13.7 Å². The Morgan fingerprint density at radius 1 is 0.333 bits per heavy atom. The van der Waals surface area contributed by atoms with Crippen molar-refractivity contribution >= 4 is 0 Å². The van der Waals surface area contributed by atoms with Crippen LogP contribution in [0, 0.1) is 0 Å². The van der Waals surface area contributed by atoms with Crippen LogP contribution in [0.5, 0.6) is 0 Å². The van der Waals surface area contributed by atoms with E-state index in [-0.39, 0.29) is 0 Å². The topological polar surface area (TPSA) is 11.6 Å². The fourth-order valence-electron chi connectivity index (χ4n) is 7.41. The molecule has 3 nitrogen and oxygen atoms in total. The van der Waals surface area contributed by atoms with Gasteiger partial charge in [0.25, 0.3) is 0 Å². The molecule has 0 spiro atoms. The first-order valence-electron chi connectivity index (χ1n) is 21.2. The van der Waals surface area contributed by atoms with Crippen LogP contribution in [0.25, 0.3) is 0 Å². The maximum atomic E-state index is 2.55. The summed E-state index contributed by atoms with van der Waals surface area (Å²) in [6.45, 7) is 10.2. The molecule has 3 heteroatoms. The van der Waals surface area contributed by atoms with Crippen LogP contribution in [0.3, 0.4) is 0 Å². The second kappa shape index (κ2) is 24.8. The van der Waals surface area contributed by atoms with Crippen LogP contribution in [0.15, 0.2) is 91.8 Å². The zero-order valence-electron chi connectivity index (χ0n) is 33.0. The third-order valence-electron chi connectivity index (χ3n) is 10.5. The second-order valence-electron chi connectivity index (χ2n) is 15.3. The van der Waals surface area contributed by atoms with Gasteiger partial charge in [0.05, 0.1) is 0 Å². The van der Waals surface area contributed by atoms with Gasteiger partial charge in [0.1, 0.15) is 19.6 Å². The van der Waals surface area contributed by atoms with Gasteiger partial charge in [-0.25, -0.2) is 13.7 Å². The van der Waals surface area contributed by atoms with Crippen molar-refractivity contribution in [3.05, 3.63) is 125 Å². The highest BCUT2D eigenvalue weighted by Gasteiger charge is 2.08. The molecule has 0 unspecified atom stereocenters. The Morgan fingerprint density at radius 2 is 0.627 bits per heavy atom. The number of aromatic nitrogens is 3. The van der Waals surface area contributed by atoms with Gasteiger partial charge in [-0.1, -0.05) is 58.2 Å². The zero-order valence-corrected chi connectivity index (χ0v) is 33.0.